The quantitative estimate of drug-likeness (QED) is 0.422. The molecule has 1 saturated heterocycles. The molecule has 176 valence electrons. The third-order valence-corrected chi connectivity index (χ3v) is 6.05. The van der Waals surface area contributed by atoms with Gasteiger partial charge in [-0.25, -0.2) is 9.97 Å². The summed E-state index contributed by atoms with van der Waals surface area (Å²) in [7, 11) is 1.65. The van der Waals surface area contributed by atoms with Crippen LogP contribution in [-0.2, 0) is 9.53 Å². The van der Waals surface area contributed by atoms with E-state index in [-0.39, 0.29) is 0 Å². The van der Waals surface area contributed by atoms with E-state index in [1.807, 2.05) is 43.5 Å². The van der Waals surface area contributed by atoms with Crippen LogP contribution in [0.15, 0.2) is 48.9 Å². The molecule has 8 nitrogen and oxygen atoms in total. The first-order valence-corrected chi connectivity index (χ1v) is 11.2. The Morgan fingerprint density at radius 3 is 2.59 bits per heavy atom. The maximum atomic E-state index is 10.0. The maximum absolute atomic E-state index is 10.0. The number of aryl methyl sites for hydroxylation is 1. The zero-order chi connectivity index (χ0) is 24.1. The summed E-state index contributed by atoms with van der Waals surface area (Å²) >= 11 is 6.80. The topological polar surface area (TPSA) is 106 Å². The summed E-state index contributed by atoms with van der Waals surface area (Å²) in [5.41, 5.74) is 11.0. The molecule has 1 amide bonds. The lowest BCUT2D eigenvalue weighted by atomic mass is 10.0. The van der Waals surface area contributed by atoms with Crippen LogP contribution in [0, 0.1) is 6.92 Å². The number of morpholine rings is 1. The number of carbonyl (C=O) groups excluding carboxylic acids is 1. The number of aromatic amines is 1. The summed E-state index contributed by atoms with van der Waals surface area (Å²) in [6, 6.07) is 9.79. The Bertz CT molecular complexity index is 1300. The normalized spacial score (nSPS) is 13.3. The zero-order valence-corrected chi connectivity index (χ0v) is 19.8. The lowest BCUT2D eigenvalue weighted by molar-refractivity contribution is -0.121. The minimum absolute atomic E-state index is 0.510. The molecule has 3 N–H and O–H groups in total. The molecular weight excluding hydrogens is 454 g/mol. The first-order chi connectivity index (χ1) is 16.5. The van der Waals surface area contributed by atoms with Gasteiger partial charge >= 0.3 is 0 Å². The van der Waals surface area contributed by atoms with Gasteiger partial charge in [-0.3, -0.25) is 4.79 Å². The Kier molecular flexibility index (Phi) is 7.30. The average Bonchev–Trinajstić information content (AvgIpc) is 3.32. The fraction of sp³-hybridized carbons (Fsp3) is 0.240. The van der Waals surface area contributed by atoms with E-state index < -0.39 is 0 Å². The van der Waals surface area contributed by atoms with Crippen molar-refractivity contribution in [2.45, 2.75) is 6.92 Å². The molecule has 3 aromatic heterocycles. The minimum Gasteiger partial charge on any atom is -0.496 e. The predicted octanol–water partition coefficient (Wildman–Crippen LogP) is 4.32. The fourth-order valence-corrected chi connectivity index (χ4v) is 4.10. The largest absolute Gasteiger partial charge is 0.496 e. The molecule has 4 aromatic rings. The van der Waals surface area contributed by atoms with Crippen LogP contribution < -0.4 is 10.5 Å². The van der Waals surface area contributed by atoms with Gasteiger partial charge in [0.1, 0.15) is 17.2 Å². The number of H-pyrrole nitrogens is 1. The molecular formula is C25H26ClN5O3. The number of pyridine rings is 2. The van der Waals surface area contributed by atoms with E-state index in [0.717, 1.165) is 64.1 Å². The van der Waals surface area contributed by atoms with Gasteiger partial charge in [0.05, 0.1) is 25.3 Å². The number of nitrogens with zero attached hydrogens (tertiary/aromatic N) is 3. The van der Waals surface area contributed by atoms with Crippen LogP contribution >= 0.6 is 11.6 Å². The van der Waals surface area contributed by atoms with Crippen LogP contribution in [-0.4, -0.2) is 59.7 Å². The van der Waals surface area contributed by atoms with Gasteiger partial charge in [0.2, 0.25) is 6.41 Å². The van der Waals surface area contributed by atoms with Crippen LogP contribution in [0.1, 0.15) is 5.56 Å². The molecule has 1 aromatic carbocycles. The van der Waals surface area contributed by atoms with Gasteiger partial charge in [-0.15, -0.1) is 0 Å². The number of methoxy groups -OCH3 is 1. The second kappa shape index (κ2) is 10.5. The van der Waals surface area contributed by atoms with Gasteiger partial charge in [0.15, 0.2) is 0 Å². The number of para-hydroxylation sites is 1. The van der Waals surface area contributed by atoms with E-state index in [1.165, 1.54) is 0 Å². The van der Waals surface area contributed by atoms with Crippen LogP contribution in [0.2, 0.25) is 5.02 Å². The van der Waals surface area contributed by atoms with Crippen molar-refractivity contribution in [1.82, 2.24) is 19.9 Å². The van der Waals surface area contributed by atoms with Crippen molar-refractivity contribution in [3.63, 3.8) is 0 Å². The summed E-state index contributed by atoms with van der Waals surface area (Å²) in [6.07, 6.45) is 6.23. The summed E-state index contributed by atoms with van der Waals surface area (Å²) in [5, 5.41) is 1.46. The van der Waals surface area contributed by atoms with Gasteiger partial charge in [-0.05, 0) is 24.6 Å². The average molecular weight is 480 g/mol. The number of ether oxygens (including phenoxy) is 2. The minimum atomic E-state index is 0.510. The summed E-state index contributed by atoms with van der Waals surface area (Å²) in [5.74, 6) is 1.29. The number of hydrogen-bond donors (Lipinski definition) is 2. The fourth-order valence-electron chi connectivity index (χ4n) is 3.75. The number of amides is 1. The van der Waals surface area contributed by atoms with Gasteiger partial charge in [0, 0.05) is 59.3 Å². The summed E-state index contributed by atoms with van der Waals surface area (Å²) in [6.45, 7) is 4.81. The first-order valence-electron chi connectivity index (χ1n) is 10.8. The van der Waals surface area contributed by atoms with E-state index in [9.17, 15) is 4.79 Å². The third kappa shape index (κ3) is 4.83. The monoisotopic (exact) mass is 479 g/mol. The number of rotatable bonds is 4. The number of hydrogen-bond acceptors (Lipinski definition) is 6. The number of anilines is 1. The molecule has 0 saturated carbocycles. The van der Waals surface area contributed by atoms with Gasteiger partial charge in [-0.1, -0.05) is 29.8 Å². The zero-order valence-electron chi connectivity index (χ0n) is 19.0. The molecule has 5 rings (SSSR count). The molecule has 0 spiro atoms. The standard InChI is InChI=1S/C20H17ClN4O.C5H9NO2/c1-11-7-12(8-23-19(11)22)14-9-24-20-17(18(14)21)15(10-25-20)13-5-3-4-6-16(13)26-2;7-5-6-1-3-8-4-2-6/h3-10H,1-2H3,(H2,22,23)(H,24,25);5H,1-4H2. The molecule has 4 heterocycles. The Morgan fingerprint density at radius 2 is 1.91 bits per heavy atom. The van der Waals surface area contributed by atoms with Crippen LogP contribution in [0.5, 0.6) is 5.75 Å². The van der Waals surface area contributed by atoms with Crippen molar-refractivity contribution >= 4 is 34.9 Å². The molecule has 0 unspecified atom stereocenters. The molecule has 0 bridgehead atoms. The van der Waals surface area contributed by atoms with E-state index in [2.05, 4.69) is 15.0 Å². The highest BCUT2D eigenvalue weighted by atomic mass is 35.5. The summed E-state index contributed by atoms with van der Waals surface area (Å²) in [4.78, 5) is 23.7. The van der Waals surface area contributed by atoms with Crippen LogP contribution in [0.4, 0.5) is 5.82 Å². The number of carbonyl (C=O) groups is 1. The number of fused-ring (bicyclic) bond motifs is 1. The highest BCUT2D eigenvalue weighted by molar-refractivity contribution is 6.39. The number of benzene rings is 1. The van der Waals surface area contributed by atoms with Crippen molar-refractivity contribution < 1.29 is 14.3 Å². The lowest BCUT2D eigenvalue weighted by Crippen LogP contribution is -2.34. The third-order valence-electron chi connectivity index (χ3n) is 5.66. The van der Waals surface area contributed by atoms with Gasteiger partial charge in [0.25, 0.3) is 0 Å². The predicted molar refractivity (Wildman–Crippen MR) is 134 cm³/mol. The summed E-state index contributed by atoms with van der Waals surface area (Å²) < 4.78 is 10.5. The number of nitrogens with two attached hydrogens (primary N) is 1. The maximum Gasteiger partial charge on any atom is 0.209 e. The molecule has 0 radical (unpaired) electrons. The Labute approximate surface area is 202 Å². The second-order valence-electron chi connectivity index (χ2n) is 7.79. The van der Waals surface area contributed by atoms with Crippen LogP contribution in [0.25, 0.3) is 33.3 Å². The van der Waals surface area contributed by atoms with Gasteiger partial charge in [-0.2, -0.15) is 0 Å². The highest BCUT2D eigenvalue weighted by Crippen LogP contribution is 2.41. The Morgan fingerprint density at radius 1 is 1.15 bits per heavy atom. The molecule has 0 atom stereocenters. The second-order valence-corrected chi connectivity index (χ2v) is 8.17. The Hall–Kier alpha value is -3.62. The van der Waals surface area contributed by atoms with Crippen molar-refractivity contribution in [1.29, 1.82) is 0 Å². The van der Waals surface area contributed by atoms with Crippen molar-refractivity contribution in [2.75, 3.05) is 39.1 Å². The van der Waals surface area contributed by atoms with E-state index in [4.69, 9.17) is 26.8 Å². The molecule has 0 aliphatic carbocycles. The SMILES string of the molecule is COc1ccccc1-c1c[nH]c2ncc(-c3cnc(N)c(C)c3)c(Cl)c12.O=CN1CCOCC1. The highest BCUT2D eigenvalue weighted by Gasteiger charge is 2.17. The number of halogens is 1. The number of nitrogens with one attached hydrogen (secondary N) is 1. The number of nitrogen functional groups attached to an aromatic ring is 1. The number of aromatic nitrogens is 3. The molecule has 34 heavy (non-hydrogen) atoms. The van der Waals surface area contributed by atoms with Crippen molar-refractivity contribution in [2.24, 2.45) is 0 Å². The molecule has 1 aliphatic rings. The smallest absolute Gasteiger partial charge is 0.209 e. The molecule has 1 aliphatic heterocycles. The molecule has 9 heteroatoms. The lowest BCUT2D eigenvalue weighted by Gasteiger charge is -2.21. The van der Waals surface area contributed by atoms with Crippen LogP contribution in [0.3, 0.4) is 0 Å². The first kappa shape index (κ1) is 23.5. The Balaban J connectivity index is 0.000000291. The van der Waals surface area contributed by atoms with Crippen molar-refractivity contribution in [3.8, 4) is 28.0 Å². The van der Waals surface area contributed by atoms with E-state index in [1.54, 1.807) is 24.4 Å². The van der Waals surface area contributed by atoms with E-state index in [0.29, 0.717) is 24.1 Å². The molecule has 1 fully saturated rings. The van der Waals surface area contributed by atoms with Gasteiger partial charge < -0.3 is 25.1 Å². The van der Waals surface area contributed by atoms with E-state index >= 15 is 0 Å². The van der Waals surface area contributed by atoms with Crippen molar-refractivity contribution in [3.05, 3.63) is 59.5 Å².